The molecule has 0 heterocycles. The molecule has 1 fully saturated rings. The standard InChI is InChI=1S/C47H83O12P/c1-3-5-7-9-11-13-15-17-18-19-20-21-22-23-25-27-29-31-33-35-37-56-38-40(39-57-60(54,55)59-47-45(52)43(50)42(49)44(51)46(47)53)58-41(48)36-34-32-30-28-26-24-16-14-12-10-8-6-4-2/h5,7,11,13-14,16-18,20-21,40,42-47,49-53H,3-4,6,8-10,12,15,19,22-39H2,1-2H3,(H,54,55)/b7-5-,13-11-,16-14-,18-17-,21-20-. The topological polar surface area (TPSA) is 192 Å². The number of aliphatic hydroxyl groups excluding tert-OH is 5. The van der Waals surface area contributed by atoms with Crippen molar-refractivity contribution in [1.29, 1.82) is 0 Å². The SMILES string of the molecule is CC/C=C\C/C=C\C/C=C\C/C=C\CCCCCCCCCOCC(COP(=O)(O)OC1C(O)C(O)C(O)C(O)C1O)OC(=O)CCCCCCC/C=C\CCCCCC. The Balaban J connectivity index is 2.39. The second-order valence-corrected chi connectivity index (χ2v) is 17.3. The Hall–Kier alpha value is -1.96. The smallest absolute Gasteiger partial charge is 0.457 e. The van der Waals surface area contributed by atoms with E-state index in [1.54, 1.807) is 0 Å². The van der Waals surface area contributed by atoms with Crippen molar-refractivity contribution in [1.82, 2.24) is 0 Å². The number of carbonyl (C=O) groups excluding carboxylic acids is 1. The van der Waals surface area contributed by atoms with Crippen LogP contribution < -0.4 is 0 Å². The molecule has 13 heteroatoms. The van der Waals surface area contributed by atoms with Gasteiger partial charge in [0.15, 0.2) is 0 Å². The van der Waals surface area contributed by atoms with E-state index in [0.717, 1.165) is 96.3 Å². The first kappa shape index (κ1) is 56.1. The van der Waals surface area contributed by atoms with Crippen molar-refractivity contribution >= 4 is 13.8 Å². The highest BCUT2D eigenvalue weighted by atomic mass is 31.2. The average Bonchev–Trinajstić information content (AvgIpc) is 3.23. The lowest BCUT2D eigenvalue weighted by molar-refractivity contribution is -0.220. The quantitative estimate of drug-likeness (QED) is 0.0149. The highest BCUT2D eigenvalue weighted by molar-refractivity contribution is 7.47. The number of hydrogen-bond donors (Lipinski definition) is 6. The molecule has 60 heavy (non-hydrogen) atoms. The lowest BCUT2D eigenvalue weighted by atomic mass is 9.85. The summed E-state index contributed by atoms with van der Waals surface area (Å²) in [4.78, 5) is 23.1. The van der Waals surface area contributed by atoms with E-state index in [1.807, 2.05) is 0 Å². The molecule has 0 aromatic heterocycles. The monoisotopic (exact) mass is 871 g/mol. The molecule has 6 N–H and O–H groups in total. The van der Waals surface area contributed by atoms with Crippen LogP contribution in [0.3, 0.4) is 0 Å². The average molecular weight is 871 g/mol. The Morgan fingerprint density at radius 1 is 0.550 bits per heavy atom. The zero-order chi connectivity index (χ0) is 44.1. The van der Waals surface area contributed by atoms with Crippen molar-refractivity contribution in [2.24, 2.45) is 0 Å². The van der Waals surface area contributed by atoms with Gasteiger partial charge in [-0.2, -0.15) is 0 Å². The highest BCUT2D eigenvalue weighted by Crippen LogP contribution is 2.47. The minimum absolute atomic E-state index is 0.0898. The number of unbranched alkanes of at least 4 members (excludes halogenated alkanes) is 16. The first-order chi connectivity index (χ1) is 29.0. The minimum atomic E-state index is -5.02. The van der Waals surface area contributed by atoms with Crippen LogP contribution >= 0.6 is 7.82 Å². The predicted octanol–water partition coefficient (Wildman–Crippen LogP) is 9.42. The van der Waals surface area contributed by atoms with Crippen molar-refractivity contribution in [3.05, 3.63) is 60.8 Å². The number of ether oxygens (including phenoxy) is 2. The summed E-state index contributed by atoms with van der Waals surface area (Å²) in [5.41, 5.74) is 0. The molecule has 0 aliphatic heterocycles. The molecule has 1 rings (SSSR count). The van der Waals surface area contributed by atoms with Gasteiger partial charge in [0.1, 0.15) is 42.7 Å². The first-order valence-corrected chi connectivity index (χ1v) is 24.6. The number of phosphoric ester groups is 1. The van der Waals surface area contributed by atoms with Gasteiger partial charge in [-0.1, -0.05) is 145 Å². The summed E-state index contributed by atoms with van der Waals surface area (Å²) in [6.45, 7) is 4.08. The van der Waals surface area contributed by atoms with Gasteiger partial charge < -0.3 is 39.9 Å². The molecule has 0 bridgehead atoms. The summed E-state index contributed by atoms with van der Waals surface area (Å²) in [5, 5.41) is 50.2. The molecule has 1 aliphatic rings. The van der Waals surface area contributed by atoms with E-state index in [9.17, 15) is 39.8 Å². The van der Waals surface area contributed by atoms with Gasteiger partial charge in [-0.3, -0.25) is 13.8 Å². The van der Waals surface area contributed by atoms with E-state index >= 15 is 0 Å². The van der Waals surface area contributed by atoms with Gasteiger partial charge in [0.25, 0.3) is 0 Å². The third-order valence-electron chi connectivity index (χ3n) is 10.4. The Morgan fingerprint density at radius 3 is 1.52 bits per heavy atom. The summed E-state index contributed by atoms with van der Waals surface area (Å²) in [7, 11) is -5.02. The molecule has 0 radical (unpaired) electrons. The summed E-state index contributed by atoms with van der Waals surface area (Å²) in [6, 6.07) is 0. The van der Waals surface area contributed by atoms with Crippen molar-refractivity contribution < 1.29 is 58.3 Å². The maximum atomic E-state index is 12.8. The molecular weight excluding hydrogens is 787 g/mol. The van der Waals surface area contributed by atoms with Gasteiger partial charge in [0, 0.05) is 13.0 Å². The van der Waals surface area contributed by atoms with Gasteiger partial charge in [-0.15, -0.1) is 0 Å². The van der Waals surface area contributed by atoms with Crippen LogP contribution in [0.4, 0.5) is 0 Å². The van der Waals surface area contributed by atoms with Crippen molar-refractivity contribution in [2.45, 2.75) is 211 Å². The molecule has 6 atom stereocenters. The van der Waals surface area contributed by atoms with Crippen molar-refractivity contribution in [3.8, 4) is 0 Å². The molecule has 6 unspecified atom stereocenters. The number of allylic oxidation sites excluding steroid dienone is 10. The number of aliphatic hydroxyl groups is 5. The minimum Gasteiger partial charge on any atom is -0.457 e. The highest BCUT2D eigenvalue weighted by Gasteiger charge is 2.51. The number of esters is 1. The summed E-state index contributed by atoms with van der Waals surface area (Å²) in [6.07, 6.45) is 34.3. The van der Waals surface area contributed by atoms with E-state index in [0.29, 0.717) is 13.0 Å². The molecule has 0 spiro atoms. The second-order valence-electron chi connectivity index (χ2n) is 15.9. The van der Waals surface area contributed by atoms with Crippen LogP contribution in [0.5, 0.6) is 0 Å². The normalized spacial score (nSPS) is 22.9. The Labute approximate surface area is 362 Å². The third-order valence-corrected chi connectivity index (χ3v) is 11.4. The van der Waals surface area contributed by atoms with E-state index in [-0.39, 0.29) is 13.0 Å². The summed E-state index contributed by atoms with van der Waals surface area (Å²) < 4.78 is 34.2. The molecule has 1 saturated carbocycles. The van der Waals surface area contributed by atoms with E-state index in [4.69, 9.17) is 18.5 Å². The van der Waals surface area contributed by atoms with Crippen LogP contribution in [-0.2, 0) is 27.9 Å². The lowest BCUT2D eigenvalue weighted by Gasteiger charge is -2.41. The van der Waals surface area contributed by atoms with Crippen LogP contribution in [0.2, 0.25) is 0 Å². The van der Waals surface area contributed by atoms with E-state index in [2.05, 4.69) is 74.6 Å². The molecular formula is C47H83O12P. The Kier molecular flexibility index (Phi) is 35.1. The van der Waals surface area contributed by atoms with Gasteiger partial charge in [-0.25, -0.2) is 4.57 Å². The van der Waals surface area contributed by atoms with Crippen LogP contribution in [0.1, 0.15) is 168 Å². The molecule has 0 aromatic carbocycles. The fraction of sp³-hybridized carbons (Fsp3) is 0.766. The number of rotatable bonds is 38. The zero-order valence-electron chi connectivity index (χ0n) is 37.0. The van der Waals surface area contributed by atoms with Gasteiger partial charge in [0.05, 0.1) is 13.2 Å². The molecule has 12 nitrogen and oxygen atoms in total. The summed E-state index contributed by atoms with van der Waals surface area (Å²) >= 11 is 0. The Bertz CT molecular complexity index is 1220. The maximum absolute atomic E-state index is 12.8. The number of hydrogen-bond acceptors (Lipinski definition) is 11. The Morgan fingerprint density at radius 2 is 0.983 bits per heavy atom. The van der Waals surface area contributed by atoms with Crippen molar-refractivity contribution in [2.75, 3.05) is 19.8 Å². The van der Waals surface area contributed by atoms with Gasteiger partial charge in [0.2, 0.25) is 0 Å². The maximum Gasteiger partial charge on any atom is 0.472 e. The van der Waals surface area contributed by atoms with Gasteiger partial charge >= 0.3 is 13.8 Å². The van der Waals surface area contributed by atoms with E-state index < -0.39 is 63.1 Å². The van der Waals surface area contributed by atoms with Crippen LogP contribution in [-0.4, -0.2) is 98.9 Å². The molecule has 0 amide bonds. The first-order valence-electron chi connectivity index (χ1n) is 23.1. The predicted molar refractivity (Wildman–Crippen MR) is 239 cm³/mol. The fourth-order valence-corrected chi connectivity index (χ4v) is 7.67. The molecule has 348 valence electrons. The number of phosphoric acid groups is 1. The molecule has 0 saturated heterocycles. The second kappa shape index (κ2) is 37.6. The zero-order valence-corrected chi connectivity index (χ0v) is 37.9. The third kappa shape index (κ3) is 29.4. The molecule has 1 aliphatic carbocycles. The van der Waals surface area contributed by atoms with Gasteiger partial charge in [-0.05, 0) is 77.0 Å². The van der Waals surface area contributed by atoms with Crippen molar-refractivity contribution in [3.63, 3.8) is 0 Å². The van der Waals surface area contributed by atoms with Crippen LogP contribution in [0.15, 0.2) is 60.8 Å². The van der Waals surface area contributed by atoms with Crippen LogP contribution in [0.25, 0.3) is 0 Å². The largest absolute Gasteiger partial charge is 0.472 e. The molecule has 0 aromatic rings. The fourth-order valence-electron chi connectivity index (χ4n) is 6.69. The van der Waals surface area contributed by atoms with Crippen LogP contribution in [0, 0.1) is 0 Å². The number of carbonyl (C=O) groups is 1. The summed E-state index contributed by atoms with van der Waals surface area (Å²) in [5.74, 6) is -0.493. The van der Waals surface area contributed by atoms with E-state index in [1.165, 1.54) is 44.9 Å². The lowest BCUT2D eigenvalue weighted by Crippen LogP contribution is -2.64.